The van der Waals surface area contributed by atoms with Gasteiger partial charge in [-0.3, -0.25) is 14.4 Å². The summed E-state index contributed by atoms with van der Waals surface area (Å²) in [6.07, 6.45) is -1.44. The normalized spacial score (nSPS) is 11.3. The standard InChI is InChI=1S/C26H33N3O6/c1-2-16-29(17-15-24(32)28-21-11-7-4-8-12-21)25(33)14-13-22(30)23(31)18-27-26(34)35-19-20-9-5-3-6-10-20/h3-12,22,30H,2,13-19H2,1H3,(H,27,34)(H,28,32). The number of alkyl carbamates (subject to hydrolysis) is 1. The van der Waals surface area contributed by atoms with E-state index < -0.39 is 24.5 Å². The van der Waals surface area contributed by atoms with Crippen LogP contribution in [0.15, 0.2) is 60.7 Å². The van der Waals surface area contributed by atoms with Gasteiger partial charge in [0.15, 0.2) is 5.78 Å². The molecule has 0 bridgehead atoms. The Labute approximate surface area is 205 Å². The Morgan fingerprint density at radius 1 is 0.943 bits per heavy atom. The number of amides is 3. The Balaban J connectivity index is 1.69. The highest BCUT2D eigenvalue weighted by atomic mass is 16.5. The second kappa shape index (κ2) is 15.2. The van der Waals surface area contributed by atoms with E-state index in [-0.39, 0.29) is 44.2 Å². The fourth-order valence-corrected chi connectivity index (χ4v) is 3.24. The van der Waals surface area contributed by atoms with E-state index in [2.05, 4.69) is 10.6 Å². The van der Waals surface area contributed by atoms with Gasteiger partial charge in [-0.05, 0) is 30.5 Å². The fraction of sp³-hybridized carbons (Fsp3) is 0.385. The Kier molecular flexibility index (Phi) is 12.0. The van der Waals surface area contributed by atoms with Gasteiger partial charge in [0.2, 0.25) is 11.8 Å². The van der Waals surface area contributed by atoms with E-state index in [9.17, 15) is 24.3 Å². The highest BCUT2D eigenvalue weighted by Crippen LogP contribution is 2.08. The molecule has 0 aliphatic rings. The van der Waals surface area contributed by atoms with Crippen LogP contribution in [-0.2, 0) is 25.7 Å². The van der Waals surface area contributed by atoms with Crippen LogP contribution in [0, 0.1) is 0 Å². The first kappa shape index (κ1) is 27.5. The zero-order valence-corrected chi connectivity index (χ0v) is 19.9. The molecule has 0 aliphatic carbocycles. The Morgan fingerprint density at radius 3 is 2.26 bits per heavy atom. The van der Waals surface area contributed by atoms with Gasteiger partial charge >= 0.3 is 6.09 Å². The van der Waals surface area contributed by atoms with Crippen molar-refractivity contribution in [3.8, 4) is 0 Å². The van der Waals surface area contributed by atoms with E-state index >= 15 is 0 Å². The van der Waals surface area contributed by atoms with Gasteiger partial charge in [-0.2, -0.15) is 0 Å². The number of hydrogen-bond donors (Lipinski definition) is 3. The summed E-state index contributed by atoms with van der Waals surface area (Å²) in [5.74, 6) is -1.06. The van der Waals surface area contributed by atoms with Crippen molar-refractivity contribution in [2.24, 2.45) is 0 Å². The van der Waals surface area contributed by atoms with Crippen molar-refractivity contribution in [1.82, 2.24) is 10.2 Å². The van der Waals surface area contributed by atoms with Crippen molar-refractivity contribution >= 4 is 29.4 Å². The number of para-hydroxylation sites is 1. The van der Waals surface area contributed by atoms with E-state index in [1.165, 1.54) is 0 Å². The number of carbonyl (C=O) groups is 4. The Hall–Kier alpha value is -3.72. The summed E-state index contributed by atoms with van der Waals surface area (Å²) >= 11 is 0. The molecule has 0 heterocycles. The molecule has 35 heavy (non-hydrogen) atoms. The predicted molar refractivity (Wildman–Crippen MR) is 131 cm³/mol. The summed E-state index contributed by atoms with van der Waals surface area (Å²) in [7, 11) is 0. The van der Waals surface area contributed by atoms with Gasteiger partial charge < -0.3 is 25.4 Å². The van der Waals surface area contributed by atoms with E-state index in [1.54, 1.807) is 29.2 Å². The lowest BCUT2D eigenvalue weighted by Gasteiger charge is -2.22. The summed E-state index contributed by atoms with van der Waals surface area (Å²) in [6.45, 7) is 2.29. The minimum Gasteiger partial charge on any atom is -0.445 e. The maximum atomic E-state index is 12.6. The van der Waals surface area contributed by atoms with E-state index in [0.29, 0.717) is 18.7 Å². The highest BCUT2D eigenvalue weighted by molar-refractivity contribution is 5.91. The van der Waals surface area contributed by atoms with Crippen molar-refractivity contribution in [1.29, 1.82) is 0 Å². The molecule has 0 aliphatic heterocycles. The molecule has 188 valence electrons. The monoisotopic (exact) mass is 483 g/mol. The van der Waals surface area contributed by atoms with Crippen LogP contribution in [0.25, 0.3) is 0 Å². The SMILES string of the molecule is CCCN(CCC(=O)Nc1ccccc1)C(=O)CCC(O)C(=O)CNC(=O)OCc1ccccc1. The number of Topliss-reactive ketones (excluding diaryl/α,β-unsaturated/α-hetero) is 1. The van der Waals surface area contributed by atoms with E-state index in [0.717, 1.165) is 5.56 Å². The first-order valence-electron chi connectivity index (χ1n) is 11.7. The summed E-state index contributed by atoms with van der Waals surface area (Å²) in [5.41, 5.74) is 1.49. The quantitative estimate of drug-likeness (QED) is 0.379. The Bertz CT molecular complexity index is 952. The number of hydrogen-bond acceptors (Lipinski definition) is 6. The smallest absolute Gasteiger partial charge is 0.407 e. The molecular formula is C26H33N3O6. The van der Waals surface area contributed by atoms with Gasteiger partial charge in [-0.25, -0.2) is 4.79 Å². The van der Waals surface area contributed by atoms with Crippen LogP contribution in [0.4, 0.5) is 10.5 Å². The van der Waals surface area contributed by atoms with Crippen molar-refractivity contribution < 1.29 is 29.0 Å². The molecule has 2 aromatic rings. The molecule has 0 saturated carbocycles. The average molecular weight is 484 g/mol. The van der Waals surface area contributed by atoms with Gasteiger partial charge in [0.25, 0.3) is 0 Å². The Morgan fingerprint density at radius 2 is 1.60 bits per heavy atom. The number of benzene rings is 2. The third-order valence-electron chi connectivity index (χ3n) is 5.14. The second-order valence-electron chi connectivity index (χ2n) is 7.98. The van der Waals surface area contributed by atoms with Crippen LogP contribution in [0.3, 0.4) is 0 Å². The van der Waals surface area contributed by atoms with E-state index in [1.807, 2.05) is 43.3 Å². The van der Waals surface area contributed by atoms with Crippen molar-refractivity contribution in [2.45, 2.75) is 45.3 Å². The molecule has 0 saturated heterocycles. The second-order valence-corrected chi connectivity index (χ2v) is 7.98. The molecule has 0 spiro atoms. The van der Waals surface area contributed by atoms with Crippen LogP contribution < -0.4 is 10.6 Å². The maximum absolute atomic E-state index is 12.6. The maximum Gasteiger partial charge on any atom is 0.407 e. The number of carbonyl (C=O) groups excluding carboxylic acids is 4. The number of rotatable bonds is 14. The number of aliphatic hydroxyl groups is 1. The van der Waals surface area contributed by atoms with Gasteiger partial charge in [0.1, 0.15) is 12.7 Å². The number of aliphatic hydroxyl groups excluding tert-OH is 1. The molecule has 3 N–H and O–H groups in total. The first-order chi connectivity index (χ1) is 16.9. The summed E-state index contributed by atoms with van der Waals surface area (Å²) < 4.78 is 5.02. The highest BCUT2D eigenvalue weighted by Gasteiger charge is 2.20. The number of ketones is 1. The molecule has 3 amide bonds. The van der Waals surface area contributed by atoms with Gasteiger partial charge in [0, 0.05) is 31.6 Å². The molecule has 2 rings (SSSR count). The first-order valence-corrected chi connectivity index (χ1v) is 11.7. The molecular weight excluding hydrogens is 450 g/mol. The molecule has 9 nitrogen and oxygen atoms in total. The van der Waals surface area contributed by atoms with Crippen LogP contribution in [0.1, 0.15) is 38.2 Å². The van der Waals surface area contributed by atoms with Crippen molar-refractivity contribution in [3.63, 3.8) is 0 Å². The molecule has 0 aromatic heterocycles. The molecule has 9 heteroatoms. The lowest BCUT2D eigenvalue weighted by molar-refractivity contribution is -0.133. The fourth-order valence-electron chi connectivity index (χ4n) is 3.24. The largest absolute Gasteiger partial charge is 0.445 e. The van der Waals surface area contributed by atoms with Crippen LogP contribution in [0.5, 0.6) is 0 Å². The molecule has 1 atom stereocenters. The average Bonchev–Trinajstić information content (AvgIpc) is 2.88. The zero-order valence-electron chi connectivity index (χ0n) is 19.9. The van der Waals surface area contributed by atoms with Crippen molar-refractivity contribution in [3.05, 3.63) is 66.2 Å². The third kappa shape index (κ3) is 10.8. The minimum atomic E-state index is -1.39. The summed E-state index contributed by atoms with van der Waals surface area (Å²) in [4.78, 5) is 50.2. The van der Waals surface area contributed by atoms with Crippen molar-refractivity contribution in [2.75, 3.05) is 25.0 Å². The lowest BCUT2D eigenvalue weighted by atomic mass is 10.1. The predicted octanol–water partition coefficient (Wildman–Crippen LogP) is 2.89. The van der Waals surface area contributed by atoms with Crippen LogP contribution >= 0.6 is 0 Å². The molecule has 0 radical (unpaired) electrons. The van der Waals surface area contributed by atoms with Gasteiger partial charge in [0.05, 0.1) is 6.54 Å². The number of ether oxygens (including phenoxy) is 1. The van der Waals surface area contributed by atoms with Gasteiger partial charge in [-0.1, -0.05) is 55.5 Å². The minimum absolute atomic E-state index is 0.0499. The van der Waals surface area contributed by atoms with Crippen LogP contribution in [-0.4, -0.2) is 59.4 Å². The molecule has 2 aromatic carbocycles. The third-order valence-corrected chi connectivity index (χ3v) is 5.14. The number of nitrogens with zero attached hydrogens (tertiary/aromatic N) is 1. The molecule has 1 unspecified atom stereocenters. The summed E-state index contributed by atoms with van der Waals surface area (Å²) in [6, 6.07) is 18.1. The summed E-state index contributed by atoms with van der Waals surface area (Å²) in [5, 5.41) is 15.2. The number of nitrogens with one attached hydrogen (secondary N) is 2. The lowest BCUT2D eigenvalue weighted by Crippen LogP contribution is -2.37. The zero-order chi connectivity index (χ0) is 25.5. The van der Waals surface area contributed by atoms with Gasteiger partial charge in [-0.15, -0.1) is 0 Å². The topological polar surface area (TPSA) is 125 Å². The number of anilines is 1. The van der Waals surface area contributed by atoms with E-state index in [4.69, 9.17) is 4.74 Å². The molecule has 0 fully saturated rings. The van der Waals surface area contributed by atoms with Crippen LogP contribution in [0.2, 0.25) is 0 Å².